The van der Waals surface area contributed by atoms with Gasteiger partial charge in [-0.3, -0.25) is 14.4 Å². The maximum atomic E-state index is 12.8. The number of rotatable bonds is 44. The van der Waals surface area contributed by atoms with Gasteiger partial charge in [0.1, 0.15) is 13.2 Å². The lowest BCUT2D eigenvalue weighted by Gasteiger charge is -2.18. The Bertz CT molecular complexity index is 1570. The summed E-state index contributed by atoms with van der Waals surface area (Å²) in [6.07, 6.45) is 78.0. The van der Waals surface area contributed by atoms with Gasteiger partial charge in [-0.1, -0.05) is 249 Å². The Hall–Kier alpha value is -4.97. The standard InChI is InChI=1S/C61H92O6/c1-4-7-10-13-16-19-22-24-26-28-30-32-34-36-39-42-45-48-51-54-60(63)66-57-58(56-65-59(62)53-50-47-44-41-38-21-18-15-12-9-6-3)67-61(64)55-52-49-46-43-40-37-35-33-31-29-27-25-23-20-17-14-11-8-5-2/h7-8,10-11,13,16-17,19-20,22,24-28,30-34,36-37,39-40,46,49,58H,4-6,9,12,14-15,18,21,23,29,35,38,41-45,47-48,50-57H2,1-3H3/b10-7-,11-8-,16-13-,20-17-,22-19-,26-24-,27-25-,30-28+,33-31-,34-32-,39-36-,40-37-,49-46-. The molecular formula is C61H92O6. The lowest BCUT2D eigenvalue weighted by Crippen LogP contribution is -2.30. The van der Waals surface area contributed by atoms with Crippen molar-refractivity contribution in [1.29, 1.82) is 0 Å². The first-order chi connectivity index (χ1) is 33.0. The maximum absolute atomic E-state index is 12.8. The van der Waals surface area contributed by atoms with Crippen molar-refractivity contribution in [2.24, 2.45) is 0 Å². The predicted octanol–water partition coefficient (Wildman–Crippen LogP) is 17.4. The molecule has 0 aliphatic carbocycles. The van der Waals surface area contributed by atoms with Crippen molar-refractivity contribution in [1.82, 2.24) is 0 Å². The molecule has 67 heavy (non-hydrogen) atoms. The van der Waals surface area contributed by atoms with E-state index < -0.39 is 12.1 Å². The van der Waals surface area contributed by atoms with Crippen LogP contribution in [0.15, 0.2) is 158 Å². The molecule has 0 radical (unpaired) electrons. The molecule has 6 heteroatoms. The summed E-state index contributed by atoms with van der Waals surface area (Å²) in [7, 11) is 0. The van der Waals surface area contributed by atoms with Crippen LogP contribution in [0.25, 0.3) is 0 Å². The van der Waals surface area contributed by atoms with E-state index >= 15 is 0 Å². The minimum absolute atomic E-state index is 0.129. The first kappa shape index (κ1) is 62.0. The number of carbonyl (C=O) groups is 3. The van der Waals surface area contributed by atoms with Gasteiger partial charge in [-0.2, -0.15) is 0 Å². The van der Waals surface area contributed by atoms with E-state index in [9.17, 15) is 14.4 Å². The molecule has 0 fully saturated rings. The summed E-state index contributed by atoms with van der Waals surface area (Å²) in [5, 5.41) is 0. The maximum Gasteiger partial charge on any atom is 0.306 e. The normalized spacial score (nSPS) is 13.4. The van der Waals surface area contributed by atoms with E-state index in [-0.39, 0.29) is 38.0 Å². The fourth-order valence-corrected chi connectivity index (χ4v) is 6.39. The summed E-state index contributed by atoms with van der Waals surface area (Å²) in [6.45, 7) is 6.24. The van der Waals surface area contributed by atoms with Crippen molar-refractivity contribution >= 4 is 17.9 Å². The molecule has 0 aliphatic rings. The molecule has 372 valence electrons. The van der Waals surface area contributed by atoms with Crippen molar-refractivity contribution in [2.75, 3.05) is 13.2 Å². The van der Waals surface area contributed by atoms with E-state index in [1.807, 2.05) is 85.1 Å². The highest BCUT2D eigenvalue weighted by Gasteiger charge is 2.19. The average Bonchev–Trinajstić information content (AvgIpc) is 3.33. The molecular weight excluding hydrogens is 829 g/mol. The van der Waals surface area contributed by atoms with Crippen LogP contribution in [0.3, 0.4) is 0 Å². The Balaban J connectivity index is 4.63. The Morgan fingerprint density at radius 1 is 0.328 bits per heavy atom. The SMILES string of the molecule is CC\C=C/C=C\C=C/C=C\C=C\C=C/C=C\CCCCCC(=O)OCC(COC(=O)CCCCCCCCCCCCC)OC(=O)CC/C=C\C/C=C\C/C=C\C/C=C\C/C=C\C/C=C\CC. The van der Waals surface area contributed by atoms with Crippen LogP contribution in [0, 0.1) is 0 Å². The largest absolute Gasteiger partial charge is 0.462 e. The van der Waals surface area contributed by atoms with Gasteiger partial charge in [0.15, 0.2) is 6.10 Å². The average molecular weight is 921 g/mol. The molecule has 0 spiro atoms. The van der Waals surface area contributed by atoms with Crippen molar-refractivity contribution in [3.63, 3.8) is 0 Å². The molecule has 0 saturated carbocycles. The smallest absolute Gasteiger partial charge is 0.306 e. The molecule has 0 aliphatic heterocycles. The van der Waals surface area contributed by atoms with Gasteiger partial charge in [0.2, 0.25) is 0 Å². The van der Waals surface area contributed by atoms with Gasteiger partial charge in [-0.05, 0) is 77.0 Å². The molecule has 0 heterocycles. The van der Waals surface area contributed by atoms with Crippen LogP contribution in [-0.2, 0) is 28.6 Å². The number of hydrogen-bond donors (Lipinski definition) is 0. The number of hydrogen-bond acceptors (Lipinski definition) is 6. The van der Waals surface area contributed by atoms with Crippen LogP contribution >= 0.6 is 0 Å². The minimum atomic E-state index is -0.843. The van der Waals surface area contributed by atoms with E-state index in [2.05, 4.69) is 93.7 Å². The lowest BCUT2D eigenvalue weighted by atomic mass is 10.1. The molecule has 0 aromatic carbocycles. The van der Waals surface area contributed by atoms with E-state index in [1.165, 1.54) is 51.4 Å². The molecule has 6 nitrogen and oxygen atoms in total. The molecule has 0 aromatic rings. The summed E-state index contributed by atoms with van der Waals surface area (Å²) in [5.41, 5.74) is 0. The first-order valence-electron chi connectivity index (χ1n) is 26.1. The van der Waals surface area contributed by atoms with Gasteiger partial charge in [0.05, 0.1) is 0 Å². The lowest BCUT2D eigenvalue weighted by molar-refractivity contribution is -0.166. The van der Waals surface area contributed by atoms with Crippen LogP contribution in [-0.4, -0.2) is 37.2 Å². The van der Waals surface area contributed by atoms with E-state index in [0.29, 0.717) is 19.3 Å². The molecule has 0 aromatic heterocycles. The van der Waals surface area contributed by atoms with Gasteiger partial charge in [-0.25, -0.2) is 0 Å². The van der Waals surface area contributed by atoms with Crippen molar-refractivity contribution in [3.05, 3.63) is 158 Å². The number of allylic oxidation sites excluding steroid dienone is 26. The van der Waals surface area contributed by atoms with Crippen molar-refractivity contribution in [3.8, 4) is 0 Å². The predicted molar refractivity (Wildman–Crippen MR) is 288 cm³/mol. The van der Waals surface area contributed by atoms with E-state index in [4.69, 9.17) is 14.2 Å². The zero-order chi connectivity index (χ0) is 48.6. The van der Waals surface area contributed by atoms with Crippen molar-refractivity contribution in [2.45, 2.75) is 194 Å². The van der Waals surface area contributed by atoms with Gasteiger partial charge >= 0.3 is 17.9 Å². The number of ether oxygens (including phenoxy) is 3. The highest BCUT2D eigenvalue weighted by molar-refractivity contribution is 5.71. The second kappa shape index (κ2) is 53.6. The molecule has 0 amide bonds. The van der Waals surface area contributed by atoms with Gasteiger partial charge < -0.3 is 14.2 Å². The topological polar surface area (TPSA) is 78.9 Å². The van der Waals surface area contributed by atoms with Crippen LogP contribution in [0.4, 0.5) is 0 Å². The number of unbranched alkanes of at least 4 members (excludes halogenated alkanes) is 13. The minimum Gasteiger partial charge on any atom is -0.462 e. The van der Waals surface area contributed by atoms with Gasteiger partial charge in [0.25, 0.3) is 0 Å². The van der Waals surface area contributed by atoms with Crippen LogP contribution in [0.2, 0.25) is 0 Å². The Labute approximate surface area is 409 Å². The van der Waals surface area contributed by atoms with Gasteiger partial charge in [-0.15, -0.1) is 0 Å². The zero-order valence-electron chi connectivity index (χ0n) is 42.3. The highest BCUT2D eigenvalue weighted by Crippen LogP contribution is 2.13. The molecule has 1 atom stereocenters. The summed E-state index contributed by atoms with van der Waals surface area (Å²) in [4.78, 5) is 38.0. The fourth-order valence-electron chi connectivity index (χ4n) is 6.39. The highest BCUT2D eigenvalue weighted by atomic mass is 16.6. The number of carbonyl (C=O) groups excluding carboxylic acids is 3. The van der Waals surface area contributed by atoms with Gasteiger partial charge in [0, 0.05) is 19.3 Å². The fraction of sp³-hybridized carbons (Fsp3) is 0.525. The molecule has 0 N–H and O–H groups in total. The molecule has 0 saturated heterocycles. The summed E-state index contributed by atoms with van der Waals surface area (Å²) >= 11 is 0. The Morgan fingerprint density at radius 2 is 0.687 bits per heavy atom. The second-order valence-electron chi connectivity index (χ2n) is 16.5. The molecule has 1 unspecified atom stereocenters. The van der Waals surface area contributed by atoms with Crippen LogP contribution in [0.1, 0.15) is 188 Å². The monoisotopic (exact) mass is 921 g/mol. The summed E-state index contributed by atoms with van der Waals surface area (Å²) in [6, 6.07) is 0. The molecule has 0 bridgehead atoms. The first-order valence-corrected chi connectivity index (χ1v) is 26.1. The van der Waals surface area contributed by atoms with E-state index in [1.54, 1.807) is 0 Å². The van der Waals surface area contributed by atoms with Crippen LogP contribution in [0.5, 0.6) is 0 Å². The third-order valence-electron chi connectivity index (χ3n) is 10.2. The summed E-state index contributed by atoms with van der Waals surface area (Å²) in [5.74, 6) is -1.07. The van der Waals surface area contributed by atoms with Crippen LogP contribution < -0.4 is 0 Å². The van der Waals surface area contributed by atoms with Crippen molar-refractivity contribution < 1.29 is 28.6 Å². The Kier molecular flexibility index (Phi) is 49.7. The Morgan fingerprint density at radius 3 is 1.12 bits per heavy atom. The second-order valence-corrected chi connectivity index (χ2v) is 16.5. The molecule has 0 rings (SSSR count). The third-order valence-corrected chi connectivity index (χ3v) is 10.2. The number of esters is 3. The quantitative estimate of drug-likeness (QED) is 0.0199. The summed E-state index contributed by atoms with van der Waals surface area (Å²) < 4.78 is 16.7. The third kappa shape index (κ3) is 51.9. The zero-order valence-corrected chi connectivity index (χ0v) is 42.3. The van der Waals surface area contributed by atoms with E-state index in [0.717, 1.165) is 83.5 Å².